The Labute approximate surface area is 116 Å². The van der Waals surface area contributed by atoms with Gasteiger partial charge in [-0.3, -0.25) is 0 Å². The maximum absolute atomic E-state index is 4.97. The molecule has 0 aliphatic rings. The van der Waals surface area contributed by atoms with Crippen LogP contribution in [0.5, 0.6) is 0 Å². The van der Waals surface area contributed by atoms with Crippen molar-refractivity contribution in [2.75, 3.05) is 33.4 Å². The van der Waals surface area contributed by atoms with Gasteiger partial charge in [0.1, 0.15) is 0 Å². The van der Waals surface area contributed by atoms with Crippen LogP contribution in [0.2, 0.25) is 0 Å². The van der Waals surface area contributed by atoms with Gasteiger partial charge in [0.2, 0.25) is 0 Å². The molecule has 1 aromatic heterocycles. The van der Waals surface area contributed by atoms with E-state index in [9.17, 15) is 0 Å². The third kappa shape index (κ3) is 6.61. The molecule has 0 fully saturated rings. The average molecular weight is 266 g/mol. The Hall–Kier alpha value is -1.04. The zero-order valence-corrected chi connectivity index (χ0v) is 12.3. The van der Waals surface area contributed by atoms with Crippen molar-refractivity contribution in [1.29, 1.82) is 0 Å². The quantitative estimate of drug-likeness (QED) is 0.620. The molecule has 0 saturated carbocycles. The van der Waals surface area contributed by atoms with Gasteiger partial charge in [-0.2, -0.15) is 10.2 Å². The van der Waals surface area contributed by atoms with E-state index >= 15 is 0 Å². The number of hydrogen-bond donors (Lipinski definition) is 2. The summed E-state index contributed by atoms with van der Waals surface area (Å²) in [5.41, 5.74) is 3.34. The highest BCUT2D eigenvalue weighted by Gasteiger charge is 2.03. The molecular formula is C14H26N4O. The van der Waals surface area contributed by atoms with Crippen molar-refractivity contribution < 1.29 is 4.74 Å². The average Bonchev–Trinajstić information content (AvgIpc) is 2.42. The maximum Gasteiger partial charge on any atom is 0.0673 e. The molecule has 0 radical (unpaired) electrons. The van der Waals surface area contributed by atoms with E-state index in [1.54, 1.807) is 7.11 Å². The smallest absolute Gasteiger partial charge is 0.0673 e. The number of rotatable bonds is 10. The van der Waals surface area contributed by atoms with E-state index in [4.69, 9.17) is 4.74 Å². The van der Waals surface area contributed by atoms with Crippen molar-refractivity contribution in [3.63, 3.8) is 0 Å². The van der Waals surface area contributed by atoms with Crippen LogP contribution in [0.3, 0.4) is 0 Å². The first-order valence-corrected chi connectivity index (χ1v) is 7.00. The molecule has 0 unspecified atom stereocenters. The van der Waals surface area contributed by atoms with Crippen LogP contribution in [-0.2, 0) is 17.7 Å². The highest BCUT2D eigenvalue weighted by molar-refractivity contribution is 5.20. The standard InChI is InChI=1S/C14H26N4O/c1-4-14-13(10-12(2)17-18-14)11-16-7-5-6-15-8-9-19-3/h10,15-16H,4-9,11H2,1-3H3. The summed E-state index contributed by atoms with van der Waals surface area (Å²) in [4.78, 5) is 0. The van der Waals surface area contributed by atoms with Crippen molar-refractivity contribution in [2.24, 2.45) is 0 Å². The lowest BCUT2D eigenvalue weighted by Gasteiger charge is -2.09. The van der Waals surface area contributed by atoms with Crippen LogP contribution in [0, 0.1) is 6.92 Å². The largest absolute Gasteiger partial charge is 0.383 e. The Morgan fingerprint density at radius 3 is 2.68 bits per heavy atom. The molecule has 0 atom stereocenters. The van der Waals surface area contributed by atoms with E-state index in [1.807, 2.05) is 6.92 Å². The maximum atomic E-state index is 4.97. The molecule has 1 rings (SSSR count). The van der Waals surface area contributed by atoms with Gasteiger partial charge in [0.25, 0.3) is 0 Å². The molecule has 1 aromatic rings. The zero-order chi connectivity index (χ0) is 13.9. The third-order valence-corrected chi connectivity index (χ3v) is 2.92. The van der Waals surface area contributed by atoms with Gasteiger partial charge >= 0.3 is 0 Å². The Morgan fingerprint density at radius 2 is 1.95 bits per heavy atom. The molecule has 0 aliphatic carbocycles. The summed E-state index contributed by atoms with van der Waals surface area (Å²) in [6.45, 7) is 8.68. The normalized spacial score (nSPS) is 10.9. The highest BCUT2D eigenvalue weighted by Crippen LogP contribution is 2.06. The lowest BCUT2D eigenvalue weighted by atomic mass is 10.1. The van der Waals surface area contributed by atoms with Crippen molar-refractivity contribution in [1.82, 2.24) is 20.8 Å². The first-order chi connectivity index (χ1) is 9.27. The van der Waals surface area contributed by atoms with Crippen LogP contribution >= 0.6 is 0 Å². The number of aromatic nitrogens is 2. The number of nitrogens with one attached hydrogen (secondary N) is 2. The predicted octanol–water partition coefficient (Wildman–Crippen LogP) is 1.06. The van der Waals surface area contributed by atoms with Gasteiger partial charge in [-0.1, -0.05) is 6.92 Å². The number of hydrogen-bond acceptors (Lipinski definition) is 5. The predicted molar refractivity (Wildman–Crippen MR) is 77.2 cm³/mol. The van der Waals surface area contributed by atoms with Crippen LogP contribution in [-0.4, -0.2) is 43.5 Å². The second-order valence-corrected chi connectivity index (χ2v) is 4.58. The molecule has 0 aliphatic heterocycles. The van der Waals surface area contributed by atoms with Crippen molar-refractivity contribution in [3.05, 3.63) is 23.0 Å². The topological polar surface area (TPSA) is 59.1 Å². The minimum atomic E-state index is 0.773. The second kappa shape index (κ2) is 9.83. The van der Waals surface area contributed by atoms with E-state index in [0.29, 0.717) is 0 Å². The highest BCUT2D eigenvalue weighted by atomic mass is 16.5. The number of nitrogens with zero attached hydrogens (tertiary/aromatic N) is 2. The van der Waals surface area contributed by atoms with Crippen molar-refractivity contribution in [3.8, 4) is 0 Å². The monoisotopic (exact) mass is 266 g/mol. The van der Waals surface area contributed by atoms with Crippen LogP contribution < -0.4 is 10.6 Å². The van der Waals surface area contributed by atoms with Gasteiger partial charge in [0.15, 0.2) is 0 Å². The molecular weight excluding hydrogens is 240 g/mol. The third-order valence-electron chi connectivity index (χ3n) is 2.92. The Morgan fingerprint density at radius 1 is 1.16 bits per heavy atom. The van der Waals surface area contributed by atoms with Crippen molar-refractivity contribution >= 4 is 0 Å². The van der Waals surface area contributed by atoms with Gasteiger partial charge in [0, 0.05) is 20.2 Å². The molecule has 0 spiro atoms. The minimum Gasteiger partial charge on any atom is -0.383 e. The fourth-order valence-electron chi connectivity index (χ4n) is 1.88. The van der Waals surface area contributed by atoms with Crippen LogP contribution in [0.15, 0.2) is 6.07 Å². The summed E-state index contributed by atoms with van der Waals surface area (Å²) in [5, 5.41) is 15.1. The first-order valence-electron chi connectivity index (χ1n) is 7.00. The van der Waals surface area contributed by atoms with Crippen LogP contribution in [0.1, 0.15) is 30.3 Å². The summed E-state index contributed by atoms with van der Waals surface area (Å²) in [5.74, 6) is 0. The van der Waals surface area contributed by atoms with E-state index in [0.717, 1.165) is 57.0 Å². The SMILES string of the molecule is CCc1nnc(C)cc1CNCCCNCCOC. The number of methoxy groups -OCH3 is 1. The van der Waals surface area contributed by atoms with E-state index in [1.165, 1.54) is 5.56 Å². The zero-order valence-electron chi connectivity index (χ0n) is 12.3. The second-order valence-electron chi connectivity index (χ2n) is 4.58. The molecule has 108 valence electrons. The van der Waals surface area contributed by atoms with E-state index in [-0.39, 0.29) is 0 Å². The van der Waals surface area contributed by atoms with Crippen molar-refractivity contribution in [2.45, 2.75) is 33.2 Å². The molecule has 0 amide bonds. The van der Waals surface area contributed by atoms with E-state index in [2.05, 4.69) is 33.8 Å². The van der Waals surface area contributed by atoms with Gasteiger partial charge in [-0.15, -0.1) is 0 Å². The Kier molecular flexibility index (Phi) is 8.29. The summed E-state index contributed by atoms with van der Waals surface area (Å²) < 4.78 is 4.97. The summed E-state index contributed by atoms with van der Waals surface area (Å²) in [7, 11) is 1.72. The number of aryl methyl sites for hydroxylation is 2. The first kappa shape index (κ1) is 16.0. The molecule has 0 aromatic carbocycles. The number of ether oxygens (including phenoxy) is 1. The molecule has 1 heterocycles. The van der Waals surface area contributed by atoms with Gasteiger partial charge in [-0.05, 0) is 44.5 Å². The van der Waals surface area contributed by atoms with E-state index < -0.39 is 0 Å². The molecule has 0 saturated heterocycles. The Bertz CT molecular complexity index is 357. The van der Waals surface area contributed by atoms with Gasteiger partial charge in [0.05, 0.1) is 18.0 Å². The molecule has 5 nitrogen and oxygen atoms in total. The Balaban J connectivity index is 2.17. The molecule has 0 bridgehead atoms. The summed E-state index contributed by atoms with van der Waals surface area (Å²) >= 11 is 0. The lowest BCUT2D eigenvalue weighted by Crippen LogP contribution is -2.24. The fraction of sp³-hybridized carbons (Fsp3) is 0.714. The molecule has 19 heavy (non-hydrogen) atoms. The summed E-state index contributed by atoms with van der Waals surface area (Å²) in [6, 6.07) is 2.12. The minimum absolute atomic E-state index is 0.773. The molecule has 2 N–H and O–H groups in total. The lowest BCUT2D eigenvalue weighted by molar-refractivity contribution is 0.199. The van der Waals surface area contributed by atoms with Gasteiger partial charge in [-0.25, -0.2) is 0 Å². The van der Waals surface area contributed by atoms with Gasteiger partial charge < -0.3 is 15.4 Å². The molecule has 5 heteroatoms. The fourth-order valence-corrected chi connectivity index (χ4v) is 1.88. The van der Waals surface area contributed by atoms with Crippen LogP contribution in [0.4, 0.5) is 0 Å². The summed E-state index contributed by atoms with van der Waals surface area (Å²) in [6.07, 6.45) is 2.05. The van der Waals surface area contributed by atoms with Crippen LogP contribution in [0.25, 0.3) is 0 Å².